The van der Waals surface area contributed by atoms with Crippen LogP contribution in [-0.4, -0.2) is 30.1 Å². The van der Waals surface area contributed by atoms with Crippen LogP contribution in [0.5, 0.6) is 0 Å². The number of hydrogen-bond acceptors (Lipinski definition) is 3. The van der Waals surface area contributed by atoms with Crippen LogP contribution in [0, 0.1) is 5.92 Å². The van der Waals surface area contributed by atoms with E-state index in [-0.39, 0.29) is 11.7 Å². The Morgan fingerprint density at radius 2 is 2.14 bits per heavy atom. The standard InChI is InChI=1S/C8H13F3N2O/c9-8(10,11)3-1-7(14)6-2-4-13(12)5-6/h6H,1-5,12H2. The summed E-state index contributed by atoms with van der Waals surface area (Å²) in [5.41, 5.74) is 0. The van der Waals surface area contributed by atoms with Crippen LogP contribution in [-0.2, 0) is 4.79 Å². The molecule has 82 valence electrons. The van der Waals surface area contributed by atoms with E-state index in [9.17, 15) is 18.0 Å². The Bertz CT molecular complexity index is 217. The van der Waals surface area contributed by atoms with Crippen molar-refractivity contribution < 1.29 is 18.0 Å². The molecule has 0 aromatic rings. The van der Waals surface area contributed by atoms with Gasteiger partial charge in [0, 0.05) is 25.4 Å². The van der Waals surface area contributed by atoms with E-state index in [0.717, 1.165) is 0 Å². The highest BCUT2D eigenvalue weighted by atomic mass is 19.4. The molecular formula is C8H13F3N2O. The summed E-state index contributed by atoms with van der Waals surface area (Å²) >= 11 is 0. The molecule has 0 saturated carbocycles. The summed E-state index contributed by atoms with van der Waals surface area (Å²) in [6.07, 6.45) is -5.10. The second-order valence-corrected chi connectivity index (χ2v) is 3.56. The molecule has 3 nitrogen and oxygen atoms in total. The van der Waals surface area contributed by atoms with Crippen molar-refractivity contribution >= 4 is 5.78 Å². The van der Waals surface area contributed by atoms with Gasteiger partial charge in [0.1, 0.15) is 5.78 Å². The van der Waals surface area contributed by atoms with Crippen molar-refractivity contribution in [1.29, 1.82) is 0 Å². The molecule has 0 spiro atoms. The molecule has 0 aliphatic carbocycles. The average molecular weight is 210 g/mol. The van der Waals surface area contributed by atoms with Gasteiger partial charge in [0.15, 0.2) is 0 Å². The highest BCUT2D eigenvalue weighted by Gasteiger charge is 2.32. The van der Waals surface area contributed by atoms with Gasteiger partial charge in [-0.05, 0) is 6.42 Å². The normalized spacial score (nSPS) is 24.1. The van der Waals surface area contributed by atoms with E-state index < -0.39 is 19.0 Å². The van der Waals surface area contributed by atoms with Crippen molar-refractivity contribution in [3.05, 3.63) is 0 Å². The minimum absolute atomic E-state index is 0.303. The van der Waals surface area contributed by atoms with Gasteiger partial charge in [-0.3, -0.25) is 10.6 Å². The van der Waals surface area contributed by atoms with Gasteiger partial charge in [-0.1, -0.05) is 0 Å². The summed E-state index contributed by atoms with van der Waals surface area (Å²) in [5.74, 6) is 4.78. The molecule has 0 aromatic carbocycles. The number of ketones is 1. The fourth-order valence-electron chi connectivity index (χ4n) is 1.52. The molecule has 1 aliphatic heterocycles. The van der Waals surface area contributed by atoms with Crippen LogP contribution in [0.2, 0.25) is 0 Å². The zero-order chi connectivity index (χ0) is 10.8. The molecule has 1 unspecified atom stereocenters. The molecule has 0 bridgehead atoms. The monoisotopic (exact) mass is 210 g/mol. The van der Waals surface area contributed by atoms with Crippen LogP contribution in [0.15, 0.2) is 0 Å². The second kappa shape index (κ2) is 4.27. The largest absolute Gasteiger partial charge is 0.389 e. The van der Waals surface area contributed by atoms with Gasteiger partial charge in [-0.2, -0.15) is 13.2 Å². The fraction of sp³-hybridized carbons (Fsp3) is 0.875. The van der Waals surface area contributed by atoms with Crippen molar-refractivity contribution in [2.45, 2.75) is 25.4 Å². The predicted octanol–water partition coefficient (Wildman–Crippen LogP) is 1.09. The molecule has 0 radical (unpaired) electrons. The summed E-state index contributed by atoms with van der Waals surface area (Å²) in [7, 11) is 0. The van der Waals surface area contributed by atoms with Gasteiger partial charge in [0.25, 0.3) is 0 Å². The first-order chi connectivity index (χ1) is 6.38. The van der Waals surface area contributed by atoms with Crippen LogP contribution in [0.4, 0.5) is 13.2 Å². The first-order valence-electron chi connectivity index (χ1n) is 4.47. The van der Waals surface area contributed by atoms with Crippen molar-refractivity contribution in [3.8, 4) is 0 Å². The Kier molecular flexibility index (Phi) is 3.49. The van der Waals surface area contributed by atoms with E-state index in [1.165, 1.54) is 5.01 Å². The number of hydrazine groups is 1. The third kappa shape index (κ3) is 3.63. The van der Waals surface area contributed by atoms with Crippen molar-refractivity contribution in [2.24, 2.45) is 11.8 Å². The summed E-state index contributed by atoms with van der Waals surface area (Å²) in [4.78, 5) is 11.3. The third-order valence-corrected chi connectivity index (χ3v) is 2.33. The number of hydrogen-bond donors (Lipinski definition) is 1. The molecule has 14 heavy (non-hydrogen) atoms. The zero-order valence-electron chi connectivity index (χ0n) is 7.68. The summed E-state index contributed by atoms with van der Waals surface area (Å²) < 4.78 is 35.4. The molecule has 0 amide bonds. The molecule has 2 N–H and O–H groups in total. The number of rotatable bonds is 3. The Morgan fingerprint density at radius 1 is 1.50 bits per heavy atom. The van der Waals surface area contributed by atoms with Crippen molar-refractivity contribution in [1.82, 2.24) is 5.01 Å². The Morgan fingerprint density at radius 3 is 2.57 bits per heavy atom. The smallest absolute Gasteiger partial charge is 0.299 e. The maximum absolute atomic E-state index is 11.8. The van der Waals surface area contributed by atoms with Gasteiger partial charge in [-0.25, -0.2) is 5.01 Å². The van der Waals surface area contributed by atoms with Crippen LogP contribution < -0.4 is 5.84 Å². The average Bonchev–Trinajstić information content (AvgIpc) is 2.46. The molecule has 1 saturated heterocycles. The van der Waals surface area contributed by atoms with Gasteiger partial charge in [0.2, 0.25) is 0 Å². The lowest BCUT2D eigenvalue weighted by Crippen LogP contribution is -2.29. The number of alkyl halides is 3. The van der Waals surface area contributed by atoms with Gasteiger partial charge < -0.3 is 0 Å². The number of nitrogens with zero attached hydrogens (tertiary/aromatic N) is 1. The Labute approximate surface area is 80.0 Å². The highest BCUT2D eigenvalue weighted by molar-refractivity contribution is 5.81. The molecule has 6 heteroatoms. The number of carbonyl (C=O) groups excluding carboxylic acids is 1. The Hall–Kier alpha value is -0.620. The number of carbonyl (C=O) groups is 1. The van der Waals surface area contributed by atoms with Crippen molar-refractivity contribution in [2.75, 3.05) is 13.1 Å². The minimum atomic E-state index is -4.24. The molecule has 1 aliphatic rings. The lowest BCUT2D eigenvalue weighted by Gasteiger charge is -2.10. The van der Waals surface area contributed by atoms with E-state index in [0.29, 0.717) is 19.5 Å². The lowest BCUT2D eigenvalue weighted by atomic mass is 10.00. The lowest BCUT2D eigenvalue weighted by molar-refractivity contribution is -0.144. The van der Waals surface area contributed by atoms with Crippen LogP contribution in [0.3, 0.4) is 0 Å². The quantitative estimate of drug-likeness (QED) is 0.709. The second-order valence-electron chi connectivity index (χ2n) is 3.56. The number of Topliss-reactive ketones (excluding diaryl/α,β-unsaturated/α-hetero) is 1. The highest BCUT2D eigenvalue weighted by Crippen LogP contribution is 2.24. The first kappa shape index (κ1) is 11.5. The maximum atomic E-state index is 11.8. The SMILES string of the molecule is NN1CCC(C(=O)CCC(F)(F)F)C1. The Balaban J connectivity index is 2.29. The summed E-state index contributed by atoms with van der Waals surface area (Å²) in [6.45, 7) is 0.971. The molecule has 1 fully saturated rings. The molecule has 1 rings (SSSR count). The van der Waals surface area contributed by atoms with Crippen LogP contribution in [0.25, 0.3) is 0 Å². The van der Waals surface area contributed by atoms with Crippen LogP contribution >= 0.6 is 0 Å². The van der Waals surface area contributed by atoms with E-state index in [2.05, 4.69) is 0 Å². The molecule has 1 atom stereocenters. The van der Waals surface area contributed by atoms with E-state index in [1.54, 1.807) is 0 Å². The molecule has 1 heterocycles. The van der Waals surface area contributed by atoms with Gasteiger partial charge >= 0.3 is 6.18 Å². The first-order valence-corrected chi connectivity index (χ1v) is 4.47. The fourth-order valence-corrected chi connectivity index (χ4v) is 1.52. The van der Waals surface area contributed by atoms with Crippen molar-refractivity contribution in [3.63, 3.8) is 0 Å². The predicted molar refractivity (Wildman–Crippen MR) is 44.2 cm³/mol. The van der Waals surface area contributed by atoms with E-state index >= 15 is 0 Å². The van der Waals surface area contributed by atoms with Crippen LogP contribution in [0.1, 0.15) is 19.3 Å². The topological polar surface area (TPSA) is 46.3 Å². The van der Waals surface area contributed by atoms with E-state index in [1.807, 2.05) is 0 Å². The number of halogens is 3. The summed E-state index contributed by atoms with van der Waals surface area (Å²) in [6, 6.07) is 0. The minimum Gasteiger partial charge on any atom is -0.299 e. The third-order valence-electron chi connectivity index (χ3n) is 2.33. The zero-order valence-corrected chi connectivity index (χ0v) is 7.68. The summed E-state index contributed by atoms with van der Waals surface area (Å²) in [5, 5.41) is 1.47. The van der Waals surface area contributed by atoms with Gasteiger partial charge in [-0.15, -0.1) is 0 Å². The van der Waals surface area contributed by atoms with Gasteiger partial charge in [0.05, 0.1) is 6.42 Å². The molecule has 0 aromatic heterocycles. The number of nitrogens with two attached hydrogens (primary N) is 1. The maximum Gasteiger partial charge on any atom is 0.389 e. The van der Waals surface area contributed by atoms with E-state index in [4.69, 9.17) is 5.84 Å². The molecular weight excluding hydrogens is 197 g/mol.